The number of carboxylic acids is 1. The maximum atomic E-state index is 10.8. The van der Waals surface area contributed by atoms with Gasteiger partial charge >= 0.3 is 5.97 Å². The summed E-state index contributed by atoms with van der Waals surface area (Å²) in [6.45, 7) is 4.22. The van der Waals surface area contributed by atoms with Gasteiger partial charge in [-0.3, -0.25) is 0 Å². The van der Waals surface area contributed by atoms with Gasteiger partial charge in [0, 0.05) is 13.0 Å². The zero-order valence-electron chi connectivity index (χ0n) is 9.06. The van der Waals surface area contributed by atoms with Crippen molar-refractivity contribution in [3.63, 3.8) is 0 Å². The summed E-state index contributed by atoms with van der Waals surface area (Å²) < 4.78 is 5.14. The third kappa shape index (κ3) is 3.72. The zero-order valence-corrected chi connectivity index (χ0v) is 9.06. The summed E-state index contributed by atoms with van der Waals surface area (Å²) >= 11 is 0. The SMILES string of the molecule is CCO[C@H](Cc1ccc(C)cc1)C(=O)O. The molecule has 0 aliphatic rings. The second kappa shape index (κ2) is 5.51. The molecule has 3 heteroatoms. The summed E-state index contributed by atoms with van der Waals surface area (Å²) in [7, 11) is 0. The van der Waals surface area contributed by atoms with Gasteiger partial charge in [0.1, 0.15) is 0 Å². The summed E-state index contributed by atoms with van der Waals surface area (Å²) in [5.41, 5.74) is 2.16. The number of hydrogen-bond donors (Lipinski definition) is 1. The molecule has 15 heavy (non-hydrogen) atoms. The Kier molecular flexibility index (Phi) is 4.31. The van der Waals surface area contributed by atoms with Crippen LogP contribution in [0, 0.1) is 6.92 Å². The molecule has 1 N–H and O–H groups in total. The van der Waals surface area contributed by atoms with Crippen molar-refractivity contribution in [1.29, 1.82) is 0 Å². The largest absolute Gasteiger partial charge is 0.479 e. The van der Waals surface area contributed by atoms with Crippen LogP contribution in [-0.4, -0.2) is 23.8 Å². The van der Waals surface area contributed by atoms with E-state index in [1.54, 1.807) is 6.92 Å². The quantitative estimate of drug-likeness (QED) is 0.805. The molecular weight excluding hydrogens is 192 g/mol. The third-order valence-electron chi connectivity index (χ3n) is 2.18. The molecule has 1 aromatic carbocycles. The minimum absolute atomic E-state index is 0.419. The van der Waals surface area contributed by atoms with Crippen molar-refractivity contribution >= 4 is 5.97 Å². The number of benzene rings is 1. The first-order valence-corrected chi connectivity index (χ1v) is 5.03. The minimum Gasteiger partial charge on any atom is -0.479 e. The average Bonchev–Trinajstić information content (AvgIpc) is 2.20. The van der Waals surface area contributed by atoms with Gasteiger partial charge in [-0.25, -0.2) is 4.79 Å². The van der Waals surface area contributed by atoms with Gasteiger partial charge in [0.25, 0.3) is 0 Å². The molecule has 82 valence electrons. The van der Waals surface area contributed by atoms with Crippen molar-refractivity contribution < 1.29 is 14.6 Å². The van der Waals surface area contributed by atoms with Crippen molar-refractivity contribution in [2.75, 3.05) is 6.61 Å². The Balaban J connectivity index is 2.65. The third-order valence-corrected chi connectivity index (χ3v) is 2.18. The van der Waals surface area contributed by atoms with E-state index in [0.29, 0.717) is 13.0 Å². The van der Waals surface area contributed by atoms with Crippen LogP contribution in [0.2, 0.25) is 0 Å². The Morgan fingerprint density at radius 1 is 1.40 bits per heavy atom. The van der Waals surface area contributed by atoms with Gasteiger partial charge in [0.05, 0.1) is 0 Å². The summed E-state index contributed by atoms with van der Waals surface area (Å²) in [5, 5.41) is 8.90. The standard InChI is InChI=1S/C12H16O3/c1-3-15-11(12(13)14)8-10-6-4-9(2)5-7-10/h4-7,11H,3,8H2,1-2H3,(H,13,14)/t11-/m1/s1. The van der Waals surface area contributed by atoms with Crippen LogP contribution in [0.5, 0.6) is 0 Å². The van der Waals surface area contributed by atoms with E-state index in [1.165, 1.54) is 5.56 Å². The Morgan fingerprint density at radius 3 is 2.47 bits per heavy atom. The van der Waals surface area contributed by atoms with Crippen LogP contribution in [0.3, 0.4) is 0 Å². The van der Waals surface area contributed by atoms with Gasteiger partial charge in [-0.15, -0.1) is 0 Å². The van der Waals surface area contributed by atoms with Gasteiger partial charge in [-0.1, -0.05) is 29.8 Å². The van der Waals surface area contributed by atoms with Gasteiger partial charge in [-0.05, 0) is 19.4 Å². The molecule has 0 aliphatic carbocycles. The highest BCUT2D eigenvalue weighted by Gasteiger charge is 2.17. The molecule has 0 fully saturated rings. The average molecular weight is 208 g/mol. The Morgan fingerprint density at radius 2 is 2.00 bits per heavy atom. The lowest BCUT2D eigenvalue weighted by Gasteiger charge is -2.12. The summed E-state index contributed by atoms with van der Waals surface area (Å²) in [4.78, 5) is 10.8. The minimum atomic E-state index is -0.905. The monoisotopic (exact) mass is 208 g/mol. The fourth-order valence-corrected chi connectivity index (χ4v) is 1.36. The number of aryl methyl sites for hydroxylation is 1. The predicted molar refractivity (Wildman–Crippen MR) is 57.9 cm³/mol. The molecule has 3 nitrogen and oxygen atoms in total. The summed E-state index contributed by atoms with van der Waals surface area (Å²) in [6, 6.07) is 7.81. The Labute approximate surface area is 89.7 Å². The number of aliphatic carboxylic acids is 1. The zero-order chi connectivity index (χ0) is 11.3. The van der Waals surface area contributed by atoms with Gasteiger partial charge in [-0.2, -0.15) is 0 Å². The highest BCUT2D eigenvalue weighted by molar-refractivity contribution is 5.72. The molecule has 0 amide bonds. The predicted octanol–water partition coefficient (Wildman–Crippen LogP) is 2.03. The molecule has 0 saturated heterocycles. The van der Waals surface area contributed by atoms with Crippen LogP contribution in [-0.2, 0) is 16.0 Å². The molecular formula is C12H16O3. The van der Waals surface area contributed by atoms with E-state index >= 15 is 0 Å². The number of ether oxygens (including phenoxy) is 1. The highest BCUT2D eigenvalue weighted by atomic mass is 16.5. The van der Waals surface area contributed by atoms with Gasteiger partial charge < -0.3 is 9.84 Å². The first-order valence-electron chi connectivity index (χ1n) is 5.03. The lowest BCUT2D eigenvalue weighted by atomic mass is 10.1. The van der Waals surface area contributed by atoms with Crippen LogP contribution in [0.15, 0.2) is 24.3 Å². The second-order valence-electron chi connectivity index (χ2n) is 3.47. The first kappa shape index (κ1) is 11.7. The molecule has 0 heterocycles. The molecule has 0 bridgehead atoms. The van der Waals surface area contributed by atoms with Crippen molar-refractivity contribution in [1.82, 2.24) is 0 Å². The van der Waals surface area contributed by atoms with Crippen LogP contribution in [0.1, 0.15) is 18.1 Å². The molecule has 1 atom stereocenters. The summed E-state index contributed by atoms with van der Waals surface area (Å²) in [6.07, 6.45) is -0.318. The molecule has 0 spiro atoms. The van der Waals surface area contributed by atoms with E-state index < -0.39 is 12.1 Å². The molecule has 1 aromatic rings. The number of hydrogen-bond acceptors (Lipinski definition) is 2. The topological polar surface area (TPSA) is 46.5 Å². The van der Waals surface area contributed by atoms with E-state index in [9.17, 15) is 4.79 Å². The maximum absolute atomic E-state index is 10.8. The Hall–Kier alpha value is -1.35. The first-order chi connectivity index (χ1) is 7.13. The van der Waals surface area contributed by atoms with E-state index in [0.717, 1.165) is 5.56 Å². The molecule has 0 radical (unpaired) electrons. The molecule has 0 saturated carbocycles. The van der Waals surface area contributed by atoms with E-state index in [4.69, 9.17) is 9.84 Å². The second-order valence-corrected chi connectivity index (χ2v) is 3.47. The van der Waals surface area contributed by atoms with E-state index in [1.807, 2.05) is 31.2 Å². The number of rotatable bonds is 5. The van der Waals surface area contributed by atoms with E-state index in [-0.39, 0.29) is 0 Å². The lowest BCUT2D eigenvalue weighted by molar-refractivity contribution is -0.149. The fraction of sp³-hybridized carbons (Fsp3) is 0.417. The number of carbonyl (C=O) groups is 1. The van der Waals surface area contributed by atoms with Crippen LogP contribution in [0.4, 0.5) is 0 Å². The molecule has 1 rings (SSSR count). The van der Waals surface area contributed by atoms with Crippen LogP contribution >= 0.6 is 0 Å². The smallest absolute Gasteiger partial charge is 0.333 e. The van der Waals surface area contributed by atoms with Crippen molar-refractivity contribution in [3.05, 3.63) is 35.4 Å². The maximum Gasteiger partial charge on any atom is 0.333 e. The molecule has 0 aromatic heterocycles. The van der Waals surface area contributed by atoms with E-state index in [2.05, 4.69) is 0 Å². The summed E-state index contributed by atoms with van der Waals surface area (Å²) in [5.74, 6) is -0.905. The fourth-order valence-electron chi connectivity index (χ4n) is 1.36. The molecule has 0 unspecified atom stereocenters. The normalized spacial score (nSPS) is 12.4. The van der Waals surface area contributed by atoms with Crippen LogP contribution in [0.25, 0.3) is 0 Å². The number of carboxylic acid groups (broad SMARTS) is 1. The van der Waals surface area contributed by atoms with Gasteiger partial charge in [0.15, 0.2) is 6.10 Å². The van der Waals surface area contributed by atoms with Crippen molar-refractivity contribution in [2.24, 2.45) is 0 Å². The van der Waals surface area contributed by atoms with Gasteiger partial charge in [0.2, 0.25) is 0 Å². The van der Waals surface area contributed by atoms with Crippen molar-refractivity contribution in [2.45, 2.75) is 26.4 Å². The lowest BCUT2D eigenvalue weighted by Crippen LogP contribution is -2.26. The van der Waals surface area contributed by atoms with Crippen LogP contribution < -0.4 is 0 Å². The highest BCUT2D eigenvalue weighted by Crippen LogP contribution is 2.08. The molecule has 0 aliphatic heterocycles. The van der Waals surface area contributed by atoms with Crippen molar-refractivity contribution in [3.8, 4) is 0 Å². The Bertz CT molecular complexity index is 316.